The lowest BCUT2D eigenvalue weighted by atomic mass is 10.2. The number of nitrogens with one attached hydrogen (secondary N) is 1. The number of hydrogen-bond acceptors (Lipinski definition) is 4. The highest BCUT2D eigenvalue weighted by Crippen LogP contribution is 2.30. The smallest absolute Gasteiger partial charge is 0.303 e. The number of hydrogen-bond donors (Lipinski definition) is 2. The highest BCUT2D eigenvalue weighted by molar-refractivity contribution is 7.16. The van der Waals surface area contributed by atoms with Crippen LogP contribution in [-0.2, 0) is 16.0 Å². The minimum absolute atomic E-state index is 0.000869. The zero-order valence-electron chi connectivity index (χ0n) is 9.17. The van der Waals surface area contributed by atoms with Crippen LogP contribution in [-0.4, -0.2) is 25.8 Å². The van der Waals surface area contributed by atoms with Gasteiger partial charge in [0, 0.05) is 4.88 Å². The summed E-state index contributed by atoms with van der Waals surface area (Å²) in [4.78, 5) is 26.7. The van der Waals surface area contributed by atoms with E-state index < -0.39 is 15.7 Å². The molecule has 9 heteroatoms. The van der Waals surface area contributed by atoms with Crippen LogP contribution in [0, 0.1) is 6.92 Å². The summed E-state index contributed by atoms with van der Waals surface area (Å²) >= 11 is 17.4. The van der Waals surface area contributed by atoms with Gasteiger partial charge in [0.05, 0.1) is 12.1 Å². The number of carboxylic acid groups (broad SMARTS) is 1. The number of nitrogens with zero attached hydrogens (tertiary/aromatic N) is 1. The Morgan fingerprint density at radius 2 is 2.06 bits per heavy atom. The summed E-state index contributed by atoms with van der Waals surface area (Å²) in [5.74, 6) is -1.69. The summed E-state index contributed by atoms with van der Waals surface area (Å²) in [7, 11) is 0. The maximum atomic E-state index is 11.4. The SMILES string of the molecule is Cc1nc(NC(=O)C(Cl)(Cl)Cl)sc1CCC(=O)O. The Hall–Kier alpha value is -0.560. The van der Waals surface area contributed by atoms with Crippen molar-refractivity contribution in [1.82, 2.24) is 4.98 Å². The summed E-state index contributed by atoms with van der Waals surface area (Å²) in [6.45, 7) is 1.72. The number of halogens is 3. The molecule has 5 nitrogen and oxygen atoms in total. The number of carbonyl (C=O) groups is 2. The molecule has 0 aliphatic rings. The fourth-order valence-corrected chi connectivity index (χ4v) is 2.20. The maximum Gasteiger partial charge on any atom is 0.303 e. The van der Waals surface area contributed by atoms with E-state index in [-0.39, 0.29) is 11.6 Å². The first-order chi connectivity index (χ1) is 8.20. The van der Waals surface area contributed by atoms with E-state index >= 15 is 0 Å². The van der Waals surface area contributed by atoms with E-state index in [2.05, 4.69) is 10.3 Å². The number of rotatable bonds is 4. The van der Waals surface area contributed by atoms with Gasteiger partial charge in [0.2, 0.25) is 0 Å². The quantitative estimate of drug-likeness (QED) is 0.832. The van der Waals surface area contributed by atoms with Crippen molar-refractivity contribution < 1.29 is 14.7 Å². The molecule has 1 heterocycles. The number of aryl methyl sites for hydroxylation is 2. The Balaban J connectivity index is 2.72. The largest absolute Gasteiger partial charge is 0.481 e. The number of amides is 1. The third kappa shape index (κ3) is 4.61. The highest BCUT2D eigenvalue weighted by Gasteiger charge is 2.31. The van der Waals surface area contributed by atoms with Crippen LogP contribution in [0.1, 0.15) is 17.0 Å². The van der Waals surface area contributed by atoms with E-state index in [1.54, 1.807) is 6.92 Å². The summed E-state index contributed by atoms with van der Waals surface area (Å²) in [6, 6.07) is 0. The van der Waals surface area contributed by atoms with Crippen molar-refractivity contribution in [3.05, 3.63) is 10.6 Å². The Morgan fingerprint density at radius 3 is 2.56 bits per heavy atom. The van der Waals surface area contributed by atoms with Gasteiger partial charge in [-0.2, -0.15) is 0 Å². The second kappa shape index (κ2) is 6.06. The fraction of sp³-hybridized carbons (Fsp3) is 0.444. The van der Waals surface area contributed by atoms with E-state index in [4.69, 9.17) is 39.9 Å². The van der Waals surface area contributed by atoms with Crippen molar-refractivity contribution in [3.8, 4) is 0 Å². The third-order valence-corrected chi connectivity index (χ3v) is 3.58. The molecule has 0 unspecified atom stereocenters. The lowest BCUT2D eigenvalue weighted by Gasteiger charge is -2.08. The molecule has 0 aliphatic carbocycles. The summed E-state index contributed by atoms with van der Waals surface area (Å²) in [6.07, 6.45) is 0.351. The van der Waals surface area contributed by atoms with Gasteiger partial charge in [-0.15, -0.1) is 11.3 Å². The van der Waals surface area contributed by atoms with Crippen LogP contribution in [0.5, 0.6) is 0 Å². The average Bonchev–Trinajstić information content (AvgIpc) is 2.54. The van der Waals surface area contributed by atoms with Crippen molar-refractivity contribution in [2.45, 2.75) is 23.6 Å². The van der Waals surface area contributed by atoms with Crippen molar-refractivity contribution >= 4 is 63.1 Å². The number of alkyl halides is 3. The second-order valence-corrected chi connectivity index (χ2v) is 6.74. The minimum Gasteiger partial charge on any atom is -0.481 e. The zero-order valence-corrected chi connectivity index (χ0v) is 12.3. The van der Waals surface area contributed by atoms with Crippen molar-refractivity contribution in [2.24, 2.45) is 0 Å². The molecule has 0 saturated carbocycles. The Kier molecular flexibility index (Phi) is 5.21. The summed E-state index contributed by atoms with van der Waals surface area (Å²) < 4.78 is -2.05. The summed E-state index contributed by atoms with van der Waals surface area (Å²) in [5, 5.41) is 11.2. The Labute approximate surface area is 122 Å². The monoisotopic (exact) mass is 330 g/mol. The van der Waals surface area contributed by atoms with Crippen LogP contribution in [0.15, 0.2) is 0 Å². The molecule has 18 heavy (non-hydrogen) atoms. The standard InChI is InChI=1S/C9H9Cl3N2O3S/c1-4-5(2-3-6(15)16)18-8(13-4)14-7(17)9(10,11)12/h2-3H2,1H3,(H,15,16)(H,13,14,17). The van der Waals surface area contributed by atoms with Gasteiger partial charge in [-0.1, -0.05) is 34.8 Å². The van der Waals surface area contributed by atoms with E-state index in [1.165, 1.54) is 0 Å². The lowest BCUT2D eigenvalue weighted by Crippen LogP contribution is -2.26. The topological polar surface area (TPSA) is 79.3 Å². The molecule has 0 radical (unpaired) electrons. The number of anilines is 1. The molecule has 1 amide bonds. The zero-order chi connectivity index (χ0) is 13.9. The normalized spacial score (nSPS) is 11.3. The first-order valence-corrected chi connectivity index (χ1v) is 6.71. The van der Waals surface area contributed by atoms with E-state index in [0.29, 0.717) is 12.1 Å². The molecular weight excluding hydrogens is 323 g/mol. The Bertz CT molecular complexity index is 470. The van der Waals surface area contributed by atoms with Gasteiger partial charge in [-0.25, -0.2) is 4.98 Å². The predicted octanol–water partition coefficient (Wildman–Crippen LogP) is 2.78. The molecule has 0 bridgehead atoms. The fourth-order valence-electron chi connectivity index (χ4n) is 1.10. The number of carbonyl (C=O) groups excluding carboxylic acids is 1. The van der Waals surface area contributed by atoms with Gasteiger partial charge in [0.15, 0.2) is 5.13 Å². The van der Waals surface area contributed by atoms with Crippen LogP contribution < -0.4 is 5.32 Å². The molecule has 2 N–H and O–H groups in total. The summed E-state index contributed by atoms with van der Waals surface area (Å²) in [5.41, 5.74) is 0.654. The molecule has 0 saturated heterocycles. The van der Waals surface area contributed by atoms with Crippen LogP contribution in [0.4, 0.5) is 5.13 Å². The molecule has 1 aromatic heterocycles. The first-order valence-electron chi connectivity index (χ1n) is 4.76. The predicted molar refractivity (Wildman–Crippen MR) is 71.7 cm³/mol. The van der Waals surface area contributed by atoms with Crippen molar-refractivity contribution in [1.29, 1.82) is 0 Å². The van der Waals surface area contributed by atoms with Crippen LogP contribution >= 0.6 is 46.1 Å². The first kappa shape index (κ1) is 15.5. The molecule has 1 rings (SSSR count). The molecule has 0 fully saturated rings. The maximum absolute atomic E-state index is 11.4. The molecular formula is C9H9Cl3N2O3S. The number of aromatic nitrogens is 1. The van der Waals surface area contributed by atoms with Crippen LogP contribution in [0.2, 0.25) is 0 Å². The van der Waals surface area contributed by atoms with E-state index in [1.807, 2.05) is 0 Å². The third-order valence-electron chi connectivity index (χ3n) is 1.94. The van der Waals surface area contributed by atoms with Gasteiger partial charge >= 0.3 is 5.97 Å². The molecule has 0 aromatic carbocycles. The van der Waals surface area contributed by atoms with Gasteiger partial charge < -0.3 is 5.11 Å². The molecule has 1 aromatic rings. The van der Waals surface area contributed by atoms with Gasteiger partial charge in [-0.3, -0.25) is 14.9 Å². The molecule has 0 atom stereocenters. The number of thiazole rings is 1. The highest BCUT2D eigenvalue weighted by atomic mass is 35.6. The average molecular weight is 332 g/mol. The van der Waals surface area contributed by atoms with Crippen LogP contribution in [0.25, 0.3) is 0 Å². The minimum atomic E-state index is -2.05. The van der Waals surface area contributed by atoms with Crippen molar-refractivity contribution in [3.63, 3.8) is 0 Å². The van der Waals surface area contributed by atoms with Crippen LogP contribution in [0.3, 0.4) is 0 Å². The molecule has 100 valence electrons. The molecule has 0 aliphatic heterocycles. The van der Waals surface area contributed by atoms with E-state index in [0.717, 1.165) is 16.2 Å². The van der Waals surface area contributed by atoms with Gasteiger partial charge in [0.25, 0.3) is 9.70 Å². The molecule has 0 spiro atoms. The van der Waals surface area contributed by atoms with E-state index in [9.17, 15) is 9.59 Å². The van der Waals surface area contributed by atoms with Gasteiger partial charge in [-0.05, 0) is 13.3 Å². The van der Waals surface area contributed by atoms with Crippen molar-refractivity contribution in [2.75, 3.05) is 5.32 Å². The number of aliphatic carboxylic acids is 1. The Morgan fingerprint density at radius 1 is 1.44 bits per heavy atom. The van der Waals surface area contributed by atoms with Gasteiger partial charge in [0.1, 0.15) is 0 Å². The number of carboxylic acids is 1. The second-order valence-electron chi connectivity index (χ2n) is 3.37. The lowest BCUT2D eigenvalue weighted by molar-refractivity contribution is -0.136.